The monoisotopic (exact) mass is 248 g/mol. The van der Waals surface area contributed by atoms with Gasteiger partial charge in [-0.2, -0.15) is 0 Å². The Labute approximate surface area is 108 Å². The molecule has 0 saturated carbocycles. The zero-order chi connectivity index (χ0) is 13.3. The Hall–Kier alpha value is -1.65. The molecule has 2 heterocycles. The van der Waals surface area contributed by atoms with Gasteiger partial charge in [0.15, 0.2) is 0 Å². The molecular weight excluding hydrogens is 228 g/mol. The Kier molecular flexibility index (Phi) is 3.50. The summed E-state index contributed by atoms with van der Waals surface area (Å²) in [6.07, 6.45) is 2.29. The normalized spacial score (nSPS) is 19.7. The van der Waals surface area contributed by atoms with E-state index in [9.17, 15) is 4.79 Å². The minimum Gasteiger partial charge on any atom is -0.364 e. The molecule has 0 radical (unpaired) electrons. The molecular formula is C13H20N4O. The molecule has 1 aliphatic heterocycles. The summed E-state index contributed by atoms with van der Waals surface area (Å²) in [5, 5.41) is 3.33. The fourth-order valence-corrected chi connectivity index (χ4v) is 2.19. The summed E-state index contributed by atoms with van der Waals surface area (Å²) in [5.74, 6) is 0.999. The standard InChI is InChI=1S/C13H20N4O/c1-8(2)17-7-11(5-12(17)18)16-13-10(4)14-6-9(3)15-13/h6,8,11H,5,7H2,1-4H3,(H,15,16). The van der Waals surface area contributed by atoms with Crippen LogP contribution < -0.4 is 5.32 Å². The quantitative estimate of drug-likeness (QED) is 0.881. The summed E-state index contributed by atoms with van der Waals surface area (Å²) < 4.78 is 0. The molecule has 1 N–H and O–H groups in total. The summed E-state index contributed by atoms with van der Waals surface area (Å²) in [5.41, 5.74) is 1.75. The predicted octanol–water partition coefficient (Wildman–Crippen LogP) is 1.51. The fraction of sp³-hybridized carbons (Fsp3) is 0.615. The number of aromatic nitrogens is 2. The smallest absolute Gasteiger partial charge is 0.225 e. The zero-order valence-electron chi connectivity index (χ0n) is 11.4. The zero-order valence-corrected chi connectivity index (χ0v) is 11.4. The van der Waals surface area contributed by atoms with E-state index >= 15 is 0 Å². The van der Waals surface area contributed by atoms with Crippen molar-refractivity contribution in [3.8, 4) is 0 Å². The van der Waals surface area contributed by atoms with E-state index in [-0.39, 0.29) is 18.0 Å². The van der Waals surface area contributed by atoms with Crippen LogP contribution in [0.5, 0.6) is 0 Å². The molecule has 1 saturated heterocycles. The third-order valence-corrected chi connectivity index (χ3v) is 3.20. The first kappa shape index (κ1) is 12.8. The van der Waals surface area contributed by atoms with Crippen LogP contribution in [0, 0.1) is 13.8 Å². The molecule has 5 nitrogen and oxygen atoms in total. The van der Waals surface area contributed by atoms with Gasteiger partial charge in [-0.15, -0.1) is 0 Å². The van der Waals surface area contributed by atoms with Crippen molar-refractivity contribution in [1.82, 2.24) is 14.9 Å². The van der Waals surface area contributed by atoms with Crippen molar-refractivity contribution in [1.29, 1.82) is 0 Å². The molecule has 1 aromatic rings. The second kappa shape index (κ2) is 4.92. The number of carbonyl (C=O) groups is 1. The van der Waals surface area contributed by atoms with Crippen molar-refractivity contribution in [2.24, 2.45) is 0 Å². The maximum Gasteiger partial charge on any atom is 0.225 e. The van der Waals surface area contributed by atoms with Gasteiger partial charge < -0.3 is 10.2 Å². The summed E-state index contributed by atoms with van der Waals surface area (Å²) in [4.78, 5) is 22.4. The van der Waals surface area contributed by atoms with Gasteiger partial charge in [0.1, 0.15) is 5.82 Å². The van der Waals surface area contributed by atoms with Gasteiger partial charge in [-0.25, -0.2) is 4.98 Å². The lowest BCUT2D eigenvalue weighted by atomic mass is 10.2. The van der Waals surface area contributed by atoms with E-state index in [2.05, 4.69) is 15.3 Å². The number of hydrogen-bond donors (Lipinski definition) is 1. The van der Waals surface area contributed by atoms with Gasteiger partial charge in [-0.3, -0.25) is 9.78 Å². The third-order valence-electron chi connectivity index (χ3n) is 3.20. The minimum atomic E-state index is 0.134. The van der Waals surface area contributed by atoms with Crippen molar-refractivity contribution in [3.63, 3.8) is 0 Å². The maximum atomic E-state index is 11.8. The van der Waals surface area contributed by atoms with Crippen LogP contribution in [0.1, 0.15) is 31.7 Å². The minimum absolute atomic E-state index is 0.134. The summed E-state index contributed by atoms with van der Waals surface area (Å²) in [7, 11) is 0. The number of aryl methyl sites for hydroxylation is 2. The van der Waals surface area contributed by atoms with E-state index in [1.54, 1.807) is 6.20 Å². The number of anilines is 1. The van der Waals surface area contributed by atoms with Crippen LogP contribution in [0.2, 0.25) is 0 Å². The highest BCUT2D eigenvalue weighted by atomic mass is 16.2. The maximum absolute atomic E-state index is 11.8. The highest BCUT2D eigenvalue weighted by Crippen LogP contribution is 2.19. The van der Waals surface area contributed by atoms with E-state index in [0.29, 0.717) is 6.42 Å². The molecule has 1 aromatic heterocycles. The first-order valence-corrected chi connectivity index (χ1v) is 6.33. The van der Waals surface area contributed by atoms with Crippen molar-refractivity contribution in [2.75, 3.05) is 11.9 Å². The van der Waals surface area contributed by atoms with Crippen molar-refractivity contribution in [2.45, 2.75) is 46.2 Å². The van der Waals surface area contributed by atoms with Crippen LogP contribution in [0.25, 0.3) is 0 Å². The van der Waals surface area contributed by atoms with Gasteiger partial charge >= 0.3 is 0 Å². The Balaban J connectivity index is 2.07. The van der Waals surface area contributed by atoms with E-state index in [0.717, 1.165) is 23.8 Å². The highest BCUT2D eigenvalue weighted by Gasteiger charge is 2.31. The Morgan fingerprint density at radius 1 is 1.44 bits per heavy atom. The van der Waals surface area contributed by atoms with Crippen LogP contribution >= 0.6 is 0 Å². The molecule has 18 heavy (non-hydrogen) atoms. The second-order valence-corrected chi connectivity index (χ2v) is 5.13. The van der Waals surface area contributed by atoms with Crippen LogP contribution in [0.15, 0.2) is 6.20 Å². The largest absolute Gasteiger partial charge is 0.364 e. The van der Waals surface area contributed by atoms with Gasteiger partial charge in [0.2, 0.25) is 5.91 Å². The molecule has 1 amide bonds. The molecule has 0 aliphatic carbocycles. The van der Waals surface area contributed by atoms with Gasteiger partial charge in [0, 0.05) is 25.2 Å². The first-order chi connectivity index (χ1) is 8.47. The van der Waals surface area contributed by atoms with Crippen LogP contribution in [0.4, 0.5) is 5.82 Å². The van der Waals surface area contributed by atoms with E-state index in [1.165, 1.54) is 0 Å². The van der Waals surface area contributed by atoms with Crippen molar-refractivity contribution in [3.05, 3.63) is 17.6 Å². The van der Waals surface area contributed by atoms with Crippen molar-refractivity contribution >= 4 is 11.7 Å². The predicted molar refractivity (Wildman–Crippen MR) is 70.4 cm³/mol. The first-order valence-electron chi connectivity index (χ1n) is 6.33. The molecule has 98 valence electrons. The summed E-state index contributed by atoms with van der Waals surface area (Å²) in [6, 6.07) is 0.392. The molecule has 5 heteroatoms. The molecule has 1 unspecified atom stereocenters. The highest BCUT2D eigenvalue weighted by molar-refractivity contribution is 5.80. The number of hydrogen-bond acceptors (Lipinski definition) is 4. The number of carbonyl (C=O) groups excluding carboxylic acids is 1. The average Bonchev–Trinajstić information content (AvgIpc) is 2.65. The molecule has 0 aromatic carbocycles. The molecule has 1 fully saturated rings. The number of likely N-dealkylation sites (tertiary alicyclic amines) is 1. The SMILES string of the molecule is Cc1cnc(C)c(NC2CC(=O)N(C(C)C)C2)n1. The van der Waals surface area contributed by atoms with Gasteiger partial charge in [0.25, 0.3) is 0 Å². The van der Waals surface area contributed by atoms with E-state index in [1.807, 2.05) is 32.6 Å². The molecule has 1 atom stereocenters. The lowest BCUT2D eigenvalue weighted by Crippen LogP contribution is -2.33. The molecule has 0 spiro atoms. The van der Waals surface area contributed by atoms with Gasteiger partial charge in [-0.05, 0) is 27.7 Å². The van der Waals surface area contributed by atoms with Gasteiger partial charge in [0.05, 0.1) is 17.4 Å². The van der Waals surface area contributed by atoms with Gasteiger partial charge in [-0.1, -0.05) is 0 Å². The molecule has 1 aliphatic rings. The number of amides is 1. The van der Waals surface area contributed by atoms with Crippen molar-refractivity contribution < 1.29 is 4.79 Å². The molecule has 0 bridgehead atoms. The third kappa shape index (κ3) is 2.60. The van der Waals surface area contributed by atoms with E-state index < -0.39 is 0 Å². The molecule has 2 rings (SSSR count). The fourth-order valence-electron chi connectivity index (χ4n) is 2.19. The number of nitrogens with zero attached hydrogens (tertiary/aromatic N) is 3. The number of nitrogens with one attached hydrogen (secondary N) is 1. The lowest BCUT2D eigenvalue weighted by Gasteiger charge is -2.21. The second-order valence-electron chi connectivity index (χ2n) is 5.13. The topological polar surface area (TPSA) is 58.1 Å². The average molecular weight is 248 g/mol. The summed E-state index contributed by atoms with van der Waals surface area (Å²) >= 11 is 0. The Morgan fingerprint density at radius 3 is 2.78 bits per heavy atom. The lowest BCUT2D eigenvalue weighted by molar-refractivity contribution is -0.129. The van der Waals surface area contributed by atoms with Crippen LogP contribution in [-0.4, -0.2) is 39.4 Å². The Bertz CT molecular complexity index is 458. The van der Waals surface area contributed by atoms with Crippen LogP contribution in [0.3, 0.4) is 0 Å². The van der Waals surface area contributed by atoms with E-state index in [4.69, 9.17) is 0 Å². The number of rotatable bonds is 3. The Morgan fingerprint density at radius 2 is 2.17 bits per heavy atom. The van der Waals surface area contributed by atoms with Crippen LogP contribution in [-0.2, 0) is 4.79 Å². The summed E-state index contributed by atoms with van der Waals surface area (Å²) in [6.45, 7) is 8.66.